The highest BCUT2D eigenvalue weighted by atomic mass is 16.9. The van der Waals surface area contributed by atoms with E-state index in [-0.39, 0.29) is 19.0 Å². The number of carbonyl (C=O) groups is 1. The number of hydrogen-bond donors (Lipinski definition) is 0. The number of Topliss-reactive ketones (excluding diaryl/α,β-unsaturated/α-hetero) is 1. The number of carbonyl (C=O) groups excluding carboxylic acids is 1. The Balaban J connectivity index is 1.41. The third kappa shape index (κ3) is 2.74. The van der Waals surface area contributed by atoms with Crippen molar-refractivity contribution in [3.05, 3.63) is 28.3 Å². The van der Waals surface area contributed by atoms with Crippen LogP contribution in [0.2, 0.25) is 0 Å². The monoisotopic (exact) mass is 550 g/mol. The largest absolute Gasteiger partial charge is 0.496 e. The molecule has 0 amide bonds. The van der Waals surface area contributed by atoms with Crippen LogP contribution in [0, 0.1) is 19.3 Å². The fourth-order valence-electron chi connectivity index (χ4n) is 7.56. The van der Waals surface area contributed by atoms with Gasteiger partial charge in [-0.05, 0) is 37.8 Å². The molecule has 2 bridgehead atoms. The van der Waals surface area contributed by atoms with E-state index in [1.54, 1.807) is 14.2 Å². The summed E-state index contributed by atoms with van der Waals surface area (Å²) in [6, 6.07) is 2.03. The van der Waals surface area contributed by atoms with Crippen molar-refractivity contribution in [3.8, 4) is 29.6 Å². The summed E-state index contributed by atoms with van der Waals surface area (Å²) >= 11 is 0. The van der Waals surface area contributed by atoms with Gasteiger partial charge in [-0.1, -0.05) is 5.92 Å². The van der Waals surface area contributed by atoms with E-state index >= 15 is 0 Å². The number of methoxy groups -OCH3 is 2. The zero-order valence-electron chi connectivity index (χ0n) is 22.6. The summed E-state index contributed by atoms with van der Waals surface area (Å²) in [4.78, 5) is 13.4. The van der Waals surface area contributed by atoms with E-state index in [1.165, 1.54) is 0 Å². The highest BCUT2D eigenvalue weighted by Gasteiger charge is 2.93. The van der Waals surface area contributed by atoms with E-state index in [0.717, 1.165) is 34.9 Å². The number of ketones is 1. The highest BCUT2D eigenvalue weighted by Crippen LogP contribution is 2.72. The first kappa shape index (κ1) is 24.9. The van der Waals surface area contributed by atoms with Crippen LogP contribution in [0.4, 0.5) is 0 Å². The van der Waals surface area contributed by atoms with E-state index in [9.17, 15) is 4.79 Å². The molecule has 2 aromatic carbocycles. The van der Waals surface area contributed by atoms with Crippen LogP contribution in [0.15, 0.2) is 6.07 Å². The van der Waals surface area contributed by atoms with Crippen LogP contribution in [0.1, 0.15) is 52.4 Å². The zero-order chi connectivity index (χ0) is 27.4. The van der Waals surface area contributed by atoms with Gasteiger partial charge in [-0.25, -0.2) is 0 Å². The average molecular weight is 551 g/mol. The Morgan fingerprint density at radius 1 is 1.12 bits per heavy atom. The first-order chi connectivity index (χ1) is 19.5. The lowest BCUT2D eigenvalue weighted by Crippen LogP contribution is -2.70. The van der Waals surface area contributed by atoms with Gasteiger partial charge in [0.2, 0.25) is 11.9 Å². The third-order valence-corrected chi connectivity index (χ3v) is 9.21. The lowest BCUT2D eigenvalue weighted by molar-refractivity contribution is -0.365. The molecule has 6 aliphatic rings. The summed E-state index contributed by atoms with van der Waals surface area (Å²) in [5.41, 5.74) is 1.86. The molecule has 1 spiro atoms. The highest BCUT2D eigenvalue weighted by molar-refractivity contribution is 6.12. The van der Waals surface area contributed by atoms with E-state index in [4.69, 9.17) is 49.1 Å². The van der Waals surface area contributed by atoms with Gasteiger partial charge in [0.25, 0.3) is 11.6 Å². The van der Waals surface area contributed by atoms with E-state index in [1.807, 2.05) is 13.0 Å². The predicted octanol–water partition coefficient (Wildman–Crippen LogP) is 3.12. The van der Waals surface area contributed by atoms with E-state index in [0.29, 0.717) is 54.3 Å². The lowest BCUT2D eigenvalue weighted by atomic mass is 9.78. The smallest absolute Gasteiger partial charge is 0.277 e. The summed E-state index contributed by atoms with van der Waals surface area (Å²) in [6.07, 6.45) is 6.16. The molecule has 5 atom stereocenters. The first-order valence-electron chi connectivity index (χ1n) is 13.7. The van der Waals surface area contributed by atoms with Crippen molar-refractivity contribution in [2.24, 2.45) is 0 Å². The topological polar surface area (TPSA) is 103 Å². The maximum atomic E-state index is 13.4. The van der Waals surface area contributed by atoms with Gasteiger partial charge in [-0.3, -0.25) is 4.79 Å². The van der Waals surface area contributed by atoms with Crippen LogP contribution in [0.25, 0.3) is 10.8 Å². The molecule has 0 saturated carbocycles. The van der Waals surface area contributed by atoms with Crippen LogP contribution in [-0.4, -0.2) is 76.0 Å². The van der Waals surface area contributed by atoms with Crippen molar-refractivity contribution >= 4 is 16.6 Å². The van der Waals surface area contributed by atoms with Crippen LogP contribution in [0.3, 0.4) is 0 Å². The second-order valence-electron chi connectivity index (χ2n) is 11.1. The van der Waals surface area contributed by atoms with E-state index < -0.39 is 35.7 Å². The molecule has 10 heteroatoms. The molecular formula is C30H30O10. The second-order valence-corrected chi connectivity index (χ2v) is 11.1. The fourth-order valence-corrected chi connectivity index (χ4v) is 7.56. The molecule has 8 rings (SSSR count). The van der Waals surface area contributed by atoms with Crippen LogP contribution >= 0.6 is 0 Å². The maximum Gasteiger partial charge on any atom is 0.277 e. The molecule has 210 valence electrons. The maximum absolute atomic E-state index is 13.4. The molecule has 40 heavy (non-hydrogen) atoms. The molecule has 2 aromatic rings. The molecule has 4 saturated heterocycles. The minimum atomic E-state index is -1.37. The minimum Gasteiger partial charge on any atom is -0.496 e. The summed E-state index contributed by atoms with van der Waals surface area (Å²) in [5, 5.41) is 1.35. The van der Waals surface area contributed by atoms with Gasteiger partial charge in [-0.15, -0.1) is 6.42 Å². The average Bonchev–Trinajstić information content (AvgIpc) is 3.63. The van der Waals surface area contributed by atoms with Crippen molar-refractivity contribution in [2.75, 3.05) is 40.6 Å². The third-order valence-electron chi connectivity index (χ3n) is 9.21. The number of rotatable bonds is 5. The number of fused-ring (bicyclic) bond motifs is 8. The Morgan fingerprint density at radius 3 is 2.62 bits per heavy atom. The Kier molecular flexibility index (Phi) is 5.17. The number of benzene rings is 2. The summed E-state index contributed by atoms with van der Waals surface area (Å²) in [5.74, 6) is 1.27. The van der Waals surface area contributed by atoms with Crippen LogP contribution in [0.5, 0.6) is 17.2 Å². The molecule has 0 N–H and O–H groups in total. The van der Waals surface area contributed by atoms with Crippen LogP contribution in [-0.2, 0) is 34.8 Å². The van der Waals surface area contributed by atoms with Gasteiger partial charge >= 0.3 is 0 Å². The molecule has 3 unspecified atom stereocenters. The van der Waals surface area contributed by atoms with Gasteiger partial charge in [0, 0.05) is 30.0 Å². The molecule has 0 radical (unpaired) electrons. The number of aryl methyl sites for hydroxylation is 1. The second kappa shape index (κ2) is 8.32. The van der Waals surface area contributed by atoms with Crippen LogP contribution < -0.4 is 14.2 Å². The quantitative estimate of drug-likeness (QED) is 0.408. The van der Waals surface area contributed by atoms with Crippen molar-refractivity contribution in [1.82, 2.24) is 0 Å². The molecule has 0 aromatic heterocycles. The molecule has 1 aliphatic carbocycles. The van der Waals surface area contributed by atoms with Gasteiger partial charge < -0.3 is 42.6 Å². The number of ether oxygens (including phenoxy) is 9. The standard InChI is InChI=1S/C30H30O10/c1-5-10-34-23-20-16(8-6-9-18(20)31)22(32-3)17-13-15(2)19-24(21(17)23)38-29(33-4)26-25(19)39-30(40-26,28(29)14-37-28)27-35-11-7-12-36-27/h1,13,25-27H,6-12,14H2,2-4H3/t25?,26?,28-,29+,30?/m0/s1. The molecule has 5 aliphatic heterocycles. The number of terminal acetylenes is 1. The lowest BCUT2D eigenvalue weighted by Gasteiger charge is -2.49. The fraction of sp³-hybridized carbons (Fsp3) is 0.567. The van der Waals surface area contributed by atoms with E-state index in [2.05, 4.69) is 5.92 Å². The number of epoxide rings is 1. The van der Waals surface area contributed by atoms with Crippen molar-refractivity contribution in [2.45, 2.75) is 68.3 Å². The van der Waals surface area contributed by atoms with Crippen molar-refractivity contribution in [1.29, 1.82) is 0 Å². The van der Waals surface area contributed by atoms with Gasteiger partial charge in [-0.2, -0.15) is 0 Å². The summed E-state index contributed by atoms with van der Waals surface area (Å²) in [6.45, 7) is 3.27. The van der Waals surface area contributed by atoms with Crippen molar-refractivity contribution < 1.29 is 47.4 Å². The molecular weight excluding hydrogens is 520 g/mol. The minimum absolute atomic E-state index is 0.0165. The van der Waals surface area contributed by atoms with Crippen molar-refractivity contribution in [3.63, 3.8) is 0 Å². The predicted molar refractivity (Wildman–Crippen MR) is 138 cm³/mol. The Morgan fingerprint density at radius 2 is 1.93 bits per heavy atom. The SMILES string of the molecule is C#CCOc1c2c(c(OC)c3cc(C)c4c(c13)O[C@]1(OC)C3OC(C5OCCCO5)(OC43)[C@]13CO3)CCCC2=O. The van der Waals surface area contributed by atoms with Gasteiger partial charge in [0.1, 0.15) is 30.0 Å². The molecule has 4 fully saturated rings. The Bertz CT molecular complexity index is 1500. The number of hydrogen-bond acceptors (Lipinski definition) is 10. The molecule has 10 nitrogen and oxygen atoms in total. The Hall–Kier alpha value is -2.91. The Labute approximate surface area is 231 Å². The summed E-state index contributed by atoms with van der Waals surface area (Å²) < 4.78 is 56.9. The summed E-state index contributed by atoms with van der Waals surface area (Å²) in [7, 11) is 3.19. The molecule has 5 heterocycles. The first-order valence-corrected chi connectivity index (χ1v) is 13.7. The normalized spacial score (nSPS) is 35.3. The zero-order valence-corrected chi connectivity index (χ0v) is 22.6. The van der Waals surface area contributed by atoms with Gasteiger partial charge in [0.15, 0.2) is 11.9 Å². The van der Waals surface area contributed by atoms with Gasteiger partial charge in [0.05, 0.1) is 37.9 Å².